The van der Waals surface area contributed by atoms with Crippen LogP contribution in [0.25, 0.3) is 0 Å². The number of carbonyl (C=O) groups is 1. The summed E-state index contributed by atoms with van der Waals surface area (Å²) in [6.45, 7) is 3.14. The van der Waals surface area contributed by atoms with Gasteiger partial charge in [-0.3, -0.25) is 4.79 Å². The maximum atomic E-state index is 12.9. The van der Waals surface area contributed by atoms with Gasteiger partial charge in [-0.2, -0.15) is 0 Å². The SMILES string of the molecule is CCC(F)CC(F)CCSC(C)=O. The van der Waals surface area contributed by atoms with Gasteiger partial charge in [0, 0.05) is 19.1 Å². The van der Waals surface area contributed by atoms with E-state index in [1.807, 2.05) is 0 Å². The van der Waals surface area contributed by atoms with Crippen molar-refractivity contribution in [1.29, 1.82) is 0 Å². The van der Waals surface area contributed by atoms with E-state index >= 15 is 0 Å². The molecule has 0 aromatic carbocycles. The lowest BCUT2D eigenvalue weighted by Crippen LogP contribution is -2.10. The summed E-state index contributed by atoms with van der Waals surface area (Å²) in [6.07, 6.45) is -1.56. The molecule has 2 unspecified atom stereocenters. The van der Waals surface area contributed by atoms with Gasteiger partial charge in [0.05, 0.1) is 0 Å². The van der Waals surface area contributed by atoms with Gasteiger partial charge in [0.25, 0.3) is 0 Å². The average Bonchev–Trinajstić information content (AvgIpc) is 2.03. The zero-order chi connectivity index (χ0) is 10.3. The van der Waals surface area contributed by atoms with Gasteiger partial charge in [0.15, 0.2) is 5.12 Å². The van der Waals surface area contributed by atoms with Crippen LogP contribution in [-0.4, -0.2) is 23.2 Å². The molecule has 0 amide bonds. The third kappa shape index (κ3) is 8.22. The lowest BCUT2D eigenvalue weighted by molar-refractivity contribution is -0.109. The Kier molecular flexibility index (Phi) is 7.23. The number of hydrogen-bond donors (Lipinski definition) is 0. The number of thioether (sulfide) groups is 1. The Hall–Kier alpha value is -0.120. The summed E-state index contributed by atoms with van der Waals surface area (Å²) in [6, 6.07) is 0. The molecule has 0 saturated heterocycles. The lowest BCUT2D eigenvalue weighted by atomic mass is 10.1. The molecule has 78 valence electrons. The van der Waals surface area contributed by atoms with Crippen molar-refractivity contribution < 1.29 is 13.6 Å². The number of halogens is 2. The van der Waals surface area contributed by atoms with Crippen molar-refractivity contribution in [2.75, 3.05) is 5.75 Å². The predicted octanol–water partition coefficient (Wildman–Crippen LogP) is 3.13. The van der Waals surface area contributed by atoms with Crippen molar-refractivity contribution in [2.24, 2.45) is 0 Å². The maximum absolute atomic E-state index is 12.9. The molecule has 2 atom stereocenters. The molecule has 0 spiro atoms. The largest absolute Gasteiger partial charge is 0.288 e. The molecule has 1 nitrogen and oxygen atoms in total. The molecule has 0 aliphatic rings. The molecule has 0 rings (SSSR count). The van der Waals surface area contributed by atoms with Crippen molar-refractivity contribution in [1.82, 2.24) is 0 Å². The highest BCUT2D eigenvalue weighted by atomic mass is 32.2. The van der Waals surface area contributed by atoms with Gasteiger partial charge in [-0.15, -0.1) is 0 Å². The number of carbonyl (C=O) groups excluding carboxylic acids is 1. The quantitative estimate of drug-likeness (QED) is 0.670. The molecule has 0 aromatic rings. The predicted molar refractivity (Wildman–Crippen MR) is 52.5 cm³/mol. The van der Waals surface area contributed by atoms with E-state index in [4.69, 9.17) is 0 Å². The van der Waals surface area contributed by atoms with Crippen molar-refractivity contribution in [3.8, 4) is 0 Å². The van der Waals surface area contributed by atoms with Gasteiger partial charge in [-0.05, 0) is 12.8 Å². The molecule has 0 aliphatic carbocycles. The first-order valence-corrected chi connectivity index (χ1v) is 5.46. The summed E-state index contributed by atoms with van der Waals surface area (Å²) in [4.78, 5) is 10.5. The van der Waals surface area contributed by atoms with Gasteiger partial charge in [0.1, 0.15) is 12.3 Å². The van der Waals surface area contributed by atoms with Crippen LogP contribution in [0.2, 0.25) is 0 Å². The van der Waals surface area contributed by atoms with Crippen LogP contribution in [0.5, 0.6) is 0 Å². The van der Waals surface area contributed by atoms with Crippen LogP contribution in [0.1, 0.15) is 33.1 Å². The first kappa shape index (κ1) is 12.9. The third-order valence-electron chi connectivity index (χ3n) is 1.69. The summed E-state index contributed by atoms with van der Waals surface area (Å²) in [5, 5.41) is -0.0144. The van der Waals surface area contributed by atoms with Crippen LogP contribution in [-0.2, 0) is 4.79 Å². The van der Waals surface area contributed by atoms with E-state index in [2.05, 4.69) is 0 Å². The van der Waals surface area contributed by atoms with Crippen LogP contribution >= 0.6 is 11.8 Å². The monoisotopic (exact) mass is 210 g/mol. The van der Waals surface area contributed by atoms with Gasteiger partial charge >= 0.3 is 0 Å². The molecular weight excluding hydrogens is 194 g/mol. The summed E-state index contributed by atoms with van der Waals surface area (Å²) < 4.78 is 25.6. The fraction of sp³-hybridized carbons (Fsp3) is 0.889. The molecule has 0 radical (unpaired) electrons. The Labute approximate surface area is 82.3 Å². The van der Waals surface area contributed by atoms with Crippen molar-refractivity contribution >= 4 is 16.9 Å². The molecular formula is C9H16F2OS. The van der Waals surface area contributed by atoms with E-state index in [0.29, 0.717) is 12.2 Å². The molecule has 0 N–H and O–H groups in total. The zero-order valence-electron chi connectivity index (χ0n) is 8.06. The molecule has 0 bridgehead atoms. The number of rotatable bonds is 6. The number of hydrogen-bond acceptors (Lipinski definition) is 2. The van der Waals surface area contributed by atoms with Crippen molar-refractivity contribution in [3.05, 3.63) is 0 Å². The Morgan fingerprint density at radius 3 is 2.46 bits per heavy atom. The van der Waals surface area contributed by atoms with Crippen LogP contribution in [0.4, 0.5) is 8.78 Å². The van der Waals surface area contributed by atoms with E-state index in [-0.39, 0.29) is 18.0 Å². The van der Waals surface area contributed by atoms with Crippen molar-refractivity contribution in [3.63, 3.8) is 0 Å². The van der Waals surface area contributed by atoms with Crippen LogP contribution in [0.3, 0.4) is 0 Å². The molecule has 4 heteroatoms. The Morgan fingerprint density at radius 2 is 2.00 bits per heavy atom. The molecule has 0 aliphatic heterocycles. The van der Waals surface area contributed by atoms with Crippen LogP contribution in [0.15, 0.2) is 0 Å². The molecule has 13 heavy (non-hydrogen) atoms. The molecule has 0 saturated carbocycles. The van der Waals surface area contributed by atoms with Crippen LogP contribution in [0, 0.1) is 0 Å². The lowest BCUT2D eigenvalue weighted by Gasteiger charge is -2.09. The minimum Gasteiger partial charge on any atom is -0.288 e. The minimum absolute atomic E-state index is 0.0144. The summed E-state index contributed by atoms with van der Waals surface area (Å²) in [5.74, 6) is 0.451. The highest BCUT2D eigenvalue weighted by Crippen LogP contribution is 2.15. The van der Waals surface area contributed by atoms with E-state index < -0.39 is 12.3 Å². The zero-order valence-corrected chi connectivity index (χ0v) is 8.87. The highest BCUT2D eigenvalue weighted by molar-refractivity contribution is 8.13. The summed E-state index contributed by atoms with van der Waals surface area (Å²) >= 11 is 1.09. The highest BCUT2D eigenvalue weighted by Gasteiger charge is 2.13. The summed E-state index contributed by atoms with van der Waals surface area (Å²) in [7, 11) is 0. The number of alkyl halides is 2. The van der Waals surface area contributed by atoms with Crippen molar-refractivity contribution in [2.45, 2.75) is 45.5 Å². The molecule has 0 heterocycles. The van der Waals surface area contributed by atoms with E-state index in [0.717, 1.165) is 11.8 Å². The van der Waals surface area contributed by atoms with E-state index in [1.165, 1.54) is 6.92 Å². The maximum Gasteiger partial charge on any atom is 0.185 e. The van der Waals surface area contributed by atoms with Gasteiger partial charge in [-0.25, -0.2) is 8.78 Å². The Bertz CT molecular complexity index is 153. The first-order chi connectivity index (χ1) is 6.06. The van der Waals surface area contributed by atoms with E-state index in [1.54, 1.807) is 6.92 Å². The van der Waals surface area contributed by atoms with Gasteiger partial charge in [-0.1, -0.05) is 18.7 Å². The second kappa shape index (κ2) is 7.30. The second-order valence-electron chi connectivity index (χ2n) is 2.97. The Balaban J connectivity index is 3.39. The summed E-state index contributed by atoms with van der Waals surface area (Å²) in [5.41, 5.74) is 0. The smallest absolute Gasteiger partial charge is 0.185 e. The van der Waals surface area contributed by atoms with Crippen LogP contribution < -0.4 is 0 Å². The standard InChI is InChI=1S/C9H16F2OS/c1-3-8(10)6-9(11)4-5-13-7(2)12/h8-9H,3-6H2,1-2H3. The topological polar surface area (TPSA) is 17.1 Å². The average molecular weight is 210 g/mol. The fourth-order valence-corrected chi connectivity index (χ4v) is 1.55. The first-order valence-electron chi connectivity index (χ1n) is 4.47. The molecule has 0 fully saturated rings. The fourth-order valence-electron chi connectivity index (χ4n) is 0.893. The van der Waals surface area contributed by atoms with Gasteiger partial charge in [0.2, 0.25) is 0 Å². The minimum atomic E-state index is -1.11. The van der Waals surface area contributed by atoms with Gasteiger partial charge < -0.3 is 0 Å². The second-order valence-corrected chi connectivity index (χ2v) is 4.24. The van der Waals surface area contributed by atoms with E-state index in [9.17, 15) is 13.6 Å². The third-order valence-corrected chi connectivity index (χ3v) is 2.54. The molecule has 0 aromatic heterocycles. The Morgan fingerprint density at radius 1 is 1.38 bits per heavy atom. The normalized spacial score (nSPS) is 15.4.